The van der Waals surface area contributed by atoms with Crippen LogP contribution in [0.5, 0.6) is 0 Å². The van der Waals surface area contributed by atoms with E-state index in [0.29, 0.717) is 32.7 Å². The molecule has 0 saturated carbocycles. The number of benzene rings is 1. The van der Waals surface area contributed by atoms with E-state index in [2.05, 4.69) is 15.5 Å². The normalized spacial score (nSPS) is 18.0. The first-order valence-electron chi connectivity index (χ1n) is 11.7. The molecule has 6 nitrogen and oxygen atoms in total. The van der Waals surface area contributed by atoms with Crippen molar-refractivity contribution in [1.29, 1.82) is 0 Å². The number of aromatic nitrogens is 2. The third-order valence-corrected chi connectivity index (χ3v) is 7.28. The zero-order valence-corrected chi connectivity index (χ0v) is 23.3. The first-order chi connectivity index (χ1) is 17.7. The molecule has 2 aliphatic rings. The average Bonchev–Trinajstić information content (AvgIpc) is 3.21. The Kier molecular flexibility index (Phi) is 7.97. The molecule has 0 saturated heterocycles. The highest BCUT2D eigenvalue weighted by Crippen LogP contribution is 2.41. The maximum absolute atomic E-state index is 13.4. The quantitative estimate of drug-likeness (QED) is 0.394. The number of halogens is 5. The van der Waals surface area contributed by atoms with Gasteiger partial charge in [-0.3, -0.25) is 0 Å². The van der Waals surface area contributed by atoms with E-state index in [1.54, 1.807) is 39.1 Å². The Morgan fingerprint density at radius 2 is 1.89 bits per heavy atom. The second kappa shape index (κ2) is 10.7. The standard InChI is InChI=1S/C26H25Cl2F3N4O2S/c1-14-5-8-21-20(28)10-16(26(29,30)31)12-35(21)13-18(14)23-34-33-22(38-23)17-7-6-15(9-19(17)27)11-32-24(36)37-25(2,3)4/h6-10,12-14H,5,11H2,1-4H3,(H,32,36). The number of allylic oxidation sites excluding steroid dienone is 5. The predicted octanol–water partition coefficient (Wildman–Crippen LogP) is 8.03. The molecule has 0 spiro atoms. The molecule has 4 rings (SSSR count). The van der Waals surface area contributed by atoms with Gasteiger partial charge in [0.25, 0.3) is 0 Å². The Morgan fingerprint density at radius 3 is 2.55 bits per heavy atom. The first kappa shape index (κ1) is 28.2. The van der Waals surface area contributed by atoms with E-state index in [9.17, 15) is 18.0 Å². The van der Waals surface area contributed by atoms with Crippen LogP contribution in [0.4, 0.5) is 18.0 Å². The van der Waals surface area contributed by atoms with Crippen LogP contribution in [-0.2, 0) is 11.3 Å². The van der Waals surface area contributed by atoms with Gasteiger partial charge in [0, 0.05) is 30.1 Å². The maximum atomic E-state index is 13.4. The second-order valence-corrected chi connectivity index (χ2v) is 11.7. The molecule has 12 heteroatoms. The summed E-state index contributed by atoms with van der Waals surface area (Å²) in [5, 5.41) is 12.9. The van der Waals surface area contributed by atoms with Gasteiger partial charge in [-0.1, -0.05) is 59.7 Å². The number of hydrogen-bond donors (Lipinski definition) is 1. The van der Waals surface area contributed by atoms with Crippen LogP contribution < -0.4 is 5.32 Å². The van der Waals surface area contributed by atoms with Gasteiger partial charge in [-0.05, 0) is 50.8 Å². The fourth-order valence-corrected chi connectivity index (χ4v) is 5.44. The van der Waals surface area contributed by atoms with Gasteiger partial charge in [-0.25, -0.2) is 4.79 Å². The number of ether oxygens (including phenoxy) is 1. The molecule has 3 heterocycles. The average molecular weight is 585 g/mol. The Morgan fingerprint density at radius 1 is 1.18 bits per heavy atom. The SMILES string of the molecule is CC1CC=C2C(Cl)=CC(C(F)(F)F)=CN2C=C1c1nnc(-c2ccc(CNC(=O)OC(C)(C)C)cc2Cl)s1. The summed E-state index contributed by atoms with van der Waals surface area (Å²) in [5.74, 6) is -0.0436. The van der Waals surface area contributed by atoms with E-state index in [0.717, 1.165) is 23.4 Å². The zero-order valence-electron chi connectivity index (χ0n) is 21.0. The predicted molar refractivity (Wildman–Crippen MR) is 143 cm³/mol. The molecule has 38 heavy (non-hydrogen) atoms. The van der Waals surface area contributed by atoms with Gasteiger partial charge in [0.15, 0.2) is 0 Å². The molecule has 0 fully saturated rings. The summed E-state index contributed by atoms with van der Waals surface area (Å²) in [6.45, 7) is 7.55. The van der Waals surface area contributed by atoms with Crippen LogP contribution in [0.2, 0.25) is 5.02 Å². The number of nitrogens with one attached hydrogen (secondary N) is 1. The lowest BCUT2D eigenvalue weighted by molar-refractivity contribution is -0.0892. The third-order valence-electron chi connectivity index (χ3n) is 5.66. The van der Waals surface area contributed by atoms with E-state index < -0.39 is 23.4 Å². The van der Waals surface area contributed by atoms with Crippen molar-refractivity contribution >= 4 is 46.2 Å². The highest BCUT2D eigenvalue weighted by Gasteiger charge is 2.36. The highest BCUT2D eigenvalue weighted by atomic mass is 35.5. The summed E-state index contributed by atoms with van der Waals surface area (Å²) in [6, 6.07) is 5.33. The van der Waals surface area contributed by atoms with Crippen LogP contribution in [0.15, 0.2) is 59.1 Å². The molecular formula is C26H25Cl2F3N4O2S. The number of amides is 1. The molecule has 202 valence electrons. The third kappa shape index (κ3) is 6.59. The van der Waals surface area contributed by atoms with Crippen molar-refractivity contribution < 1.29 is 22.7 Å². The van der Waals surface area contributed by atoms with Crippen LogP contribution in [0, 0.1) is 5.92 Å². The van der Waals surface area contributed by atoms with Gasteiger partial charge in [-0.15, -0.1) is 10.2 Å². The van der Waals surface area contributed by atoms with Crippen LogP contribution in [-0.4, -0.2) is 33.0 Å². The number of carbonyl (C=O) groups is 1. The summed E-state index contributed by atoms with van der Waals surface area (Å²) in [6.07, 6.45) is 0.910. The number of rotatable bonds is 4. The fraction of sp³-hybridized carbons (Fsp3) is 0.346. The lowest BCUT2D eigenvalue weighted by Crippen LogP contribution is -2.32. The molecular weight excluding hydrogens is 560 g/mol. The van der Waals surface area contributed by atoms with Gasteiger partial charge in [-0.2, -0.15) is 13.2 Å². The Hall–Kier alpha value is -2.82. The molecule has 1 atom stereocenters. The minimum Gasteiger partial charge on any atom is -0.444 e. The van der Waals surface area contributed by atoms with E-state index in [-0.39, 0.29) is 17.5 Å². The minimum atomic E-state index is -4.53. The summed E-state index contributed by atoms with van der Waals surface area (Å²) in [7, 11) is 0. The van der Waals surface area contributed by atoms with E-state index in [4.69, 9.17) is 27.9 Å². The van der Waals surface area contributed by atoms with Gasteiger partial charge < -0.3 is 15.0 Å². The monoisotopic (exact) mass is 584 g/mol. The molecule has 2 aliphatic heterocycles. The minimum absolute atomic E-state index is 0.0236. The lowest BCUT2D eigenvalue weighted by atomic mass is 9.99. The van der Waals surface area contributed by atoms with E-state index in [1.807, 2.05) is 19.1 Å². The van der Waals surface area contributed by atoms with E-state index in [1.165, 1.54) is 16.2 Å². The molecule has 0 radical (unpaired) electrons. The Bertz CT molecular complexity index is 1370. The number of fused-ring (bicyclic) bond motifs is 1. The van der Waals surface area contributed by atoms with Gasteiger partial charge in [0.05, 0.1) is 21.3 Å². The molecule has 0 aliphatic carbocycles. The molecule has 1 unspecified atom stereocenters. The number of nitrogens with zero attached hydrogens (tertiary/aromatic N) is 3. The van der Waals surface area contributed by atoms with Crippen molar-refractivity contribution in [2.24, 2.45) is 5.92 Å². The smallest absolute Gasteiger partial charge is 0.417 e. The van der Waals surface area contributed by atoms with Crippen molar-refractivity contribution in [2.45, 2.75) is 52.4 Å². The number of hydrogen-bond acceptors (Lipinski definition) is 6. The van der Waals surface area contributed by atoms with Crippen molar-refractivity contribution in [3.63, 3.8) is 0 Å². The van der Waals surface area contributed by atoms with Crippen LogP contribution in [0.1, 0.15) is 44.7 Å². The number of alkyl carbamates (subject to hydrolysis) is 1. The van der Waals surface area contributed by atoms with Crippen molar-refractivity contribution in [3.05, 3.63) is 74.6 Å². The first-order valence-corrected chi connectivity index (χ1v) is 13.2. The van der Waals surface area contributed by atoms with Crippen LogP contribution in [0.3, 0.4) is 0 Å². The molecule has 1 aromatic heterocycles. The molecule has 2 aromatic rings. The van der Waals surface area contributed by atoms with Gasteiger partial charge in [0.2, 0.25) is 0 Å². The summed E-state index contributed by atoms with van der Waals surface area (Å²) in [4.78, 5) is 13.3. The molecule has 1 amide bonds. The molecule has 1 N–H and O–H groups in total. The largest absolute Gasteiger partial charge is 0.444 e. The highest BCUT2D eigenvalue weighted by molar-refractivity contribution is 7.15. The van der Waals surface area contributed by atoms with Gasteiger partial charge >= 0.3 is 12.3 Å². The zero-order chi connectivity index (χ0) is 27.8. The Balaban J connectivity index is 1.55. The molecule has 0 bridgehead atoms. The van der Waals surface area contributed by atoms with Crippen LogP contribution >= 0.6 is 34.5 Å². The summed E-state index contributed by atoms with van der Waals surface area (Å²) in [5.41, 5.74) is 1.21. The van der Waals surface area contributed by atoms with Crippen molar-refractivity contribution in [2.75, 3.05) is 0 Å². The second-order valence-electron chi connectivity index (χ2n) is 9.87. The fourth-order valence-electron chi connectivity index (χ4n) is 3.79. The summed E-state index contributed by atoms with van der Waals surface area (Å²) >= 11 is 14.0. The van der Waals surface area contributed by atoms with Crippen molar-refractivity contribution in [1.82, 2.24) is 20.4 Å². The van der Waals surface area contributed by atoms with Gasteiger partial charge in [0.1, 0.15) is 15.6 Å². The Labute approximate surface area is 232 Å². The molecule has 1 aromatic carbocycles. The number of alkyl halides is 3. The van der Waals surface area contributed by atoms with Crippen molar-refractivity contribution in [3.8, 4) is 10.6 Å². The summed E-state index contributed by atoms with van der Waals surface area (Å²) < 4.78 is 45.4. The van der Waals surface area contributed by atoms with E-state index >= 15 is 0 Å². The number of carbonyl (C=O) groups excluding carboxylic acids is 1. The lowest BCUT2D eigenvalue weighted by Gasteiger charge is -2.25. The van der Waals surface area contributed by atoms with Crippen LogP contribution in [0.25, 0.3) is 16.1 Å². The maximum Gasteiger partial charge on any atom is 0.417 e. The topological polar surface area (TPSA) is 67.4 Å².